The molecule has 0 amide bonds. The fourth-order valence-corrected chi connectivity index (χ4v) is 12.4. The lowest BCUT2D eigenvalue weighted by Crippen LogP contribution is -2.33. The van der Waals surface area contributed by atoms with E-state index in [1.165, 1.54) is 105 Å². The van der Waals surface area contributed by atoms with Crippen molar-refractivity contribution in [2.45, 2.75) is 24.7 Å². The Bertz CT molecular complexity index is 3810. The van der Waals surface area contributed by atoms with Gasteiger partial charge in [-0.05, 0) is 115 Å². The summed E-state index contributed by atoms with van der Waals surface area (Å²) in [5, 5.41) is 2.57. The molecule has 3 aliphatic rings. The molecule has 0 radical (unpaired) electrons. The second-order valence-corrected chi connectivity index (χ2v) is 18.8. The highest BCUT2D eigenvalue weighted by atomic mass is 15.1. The van der Waals surface area contributed by atoms with Crippen LogP contribution in [0.15, 0.2) is 231 Å². The van der Waals surface area contributed by atoms with Crippen molar-refractivity contribution in [2.75, 3.05) is 4.90 Å². The summed E-state index contributed by atoms with van der Waals surface area (Å²) >= 11 is 0. The molecule has 66 heavy (non-hydrogen) atoms. The molecule has 1 aromatic heterocycles. The minimum Gasteiger partial charge on any atom is -0.309 e. The monoisotopic (exact) mass is 840 g/mol. The van der Waals surface area contributed by atoms with Crippen LogP contribution in [0, 0.1) is 0 Å². The van der Waals surface area contributed by atoms with Gasteiger partial charge in [-0.3, -0.25) is 0 Å². The molecule has 0 bridgehead atoms. The van der Waals surface area contributed by atoms with Gasteiger partial charge in [0.1, 0.15) is 0 Å². The standard InChI is InChI=1S/C64H44N2/c1-63(2)52-27-11-6-23-46(52)48-37-35-41(39-56(48)63)44-21-8-14-31-58(44)65(43-19-4-3-5-20-43)59-32-15-9-22-45(59)42-36-38-49-47-24-7-12-28-53(47)64(57(49)40-42)54-29-13-17-34-61(54)66-60-33-16-10-25-50(60)51-26-18-30-55(64)62(51)66/h3-40H,1-2H3. The van der Waals surface area contributed by atoms with Gasteiger partial charge in [0.05, 0.1) is 33.5 Å². The first-order valence-electron chi connectivity index (χ1n) is 23.2. The molecule has 2 nitrogen and oxygen atoms in total. The molecule has 1 spiro atoms. The maximum absolute atomic E-state index is 2.53. The van der Waals surface area contributed by atoms with Gasteiger partial charge in [0.15, 0.2) is 0 Å². The normalized spacial score (nSPS) is 15.6. The average Bonchev–Trinajstić information content (AvgIpc) is 3.95. The predicted molar refractivity (Wildman–Crippen MR) is 275 cm³/mol. The quantitative estimate of drug-likeness (QED) is 0.168. The van der Waals surface area contributed by atoms with Crippen LogP contribution in [0.1, 0.15) is 47.2 Å². The van der Waals surface area contributed by atoms with E-state index in [1.54, 1.807) is 0 Å². The van der Waals surface area contributed by atoms with Gasteiger partial charge in [-0.2, -0.15) is 0 Å². The summed E-state index contributed by atoms with van der Waals surface area (Å²) in [6.45, 7) is 4.73. The fraction of sp³-hybridized carbons (Fsp3) is 0.0625. The van der Waals surface area contributed by atoms with Crippen LogP contribution in [-0.2, 0) is 10.8 Å². The van der Waals surface area contributed by atoms with Gasteiger partial charge in [-0.25, -0.2) is 0 Å². The van der Waals surface area contributed by atoms with Crippen LogP contribution in [0.5, 0.6) is 0 Å². The second kappa shape index (κ2) is 13.7. The van der Waals surface area contributed by atoms with Crippen LogP contribution in [0.3, 0.4) is 0 Å². The SMILES string of the molecule is CC1(C)c2ccccc2-c2ccc(-c3ccccc3N(c3ccccc3)c3ccccc3-c3ccc4c(c3)C3(c5ccccc5-4)c4ccccc4-n4c5ccccc5c5cccc3c54)cc21. The van der Waals surface area contributed by atoms with Crippen molar-refractivity contribution in [1.29, 1.82) is 0 Å². The van der Waals surface area contributed by atoms with E-state index in [4.69, 9.17) is 0 Å². The molecule has 1 atom stereocenters. The number of benzene rings is 10. The summed E-state index contributed by atoms with van der Waals surface area (Å²) in [5.74, 6) is 0. The third-order valence-corrected chi connectivity index (χ3v) is 15.2. The molecule has 2 heteroatoms. The molecule has 10 aromatic carbocycles. The highest BCUT2D eigenvalue weighted by Gasteiger charge is 2.51. The Morgan fingerprint density at radius 1 is 0.348 bits per heavy atom. The number of nitrogens with zero attached hydrogens (tertiary/aromatic N) is 2. The maximum atomic E-state index is 2.53. The van der Waals surface area contributed by atoms with Gasteiger partial charge in [0.2, 0.25) is 0 Å². The number of fused-ring (bicyclic) bond motifs is 15. The largest absolute Gasteiger partial charge is 0.309 e. The topological polar surface area (TPSA) is 8.17 Å². The van der Waals surface area contributed by atoms with Crippen LogP contribution < -0.4 is 4.90 Å². The maximum Gasteiger partial charge on any atom is 0.0754 e. The first kappa shape index (κ1) is 37.2. The molecular weight excluding hydrogens is 797 g/mol. The first-order valence-corrected chi connectivity index (χ1v) is 23.2. The minimum atomic E-state index is -0.538. The third-order valence-electron chi connectivity index (χ3n) is 15.2. The van der Waals surface area contributed by atoms with E-state index in [-0.39, 0.29) is 5.41 Å². The van der Waals surface area contributed by atoms with Gasteiger partial charge in [-0.1, -0.05) is 196 Å². The van der Waals surface area contributed by atoms with Gasteiger partial charge in [-0.15, -0.1) is 0 Å². The smallest absolute Gasteiger partial charge is 0.0754 e. The van der Waals surface area contributed by atoms with Crippen LogP contribution in [-0.4, -0.2) is 4.57 Å². The Morgan fingerprint density at radius 2 is 0.848 bits per heavy atom. The van der Waals surface area contributed by atoms with Crippen molar-refractivity contribution in [1.82, 2.24) is 4.57 Å². The zero-order valence-electron chi connectivity index (χ0n) is 36.8. The van der Waals surface area contributed by atoms with Gasteiger partial charge in [0, 0.05) is 33.0 Å². The van der Waals surface area contributed by atoms with Crippen molar-refractivity contribution in [2.24, 2.45) is 0 Å². The third kappa shape index (κ3) is 4.85. The van der Waals surface area contributed by atoms with E-state index in [1.807, 2.05) is 0 Å². The highest BCUT2D eigenvalue weighted by molar-refractivity contribution is 6.13. The molecule has 0 saturated heterocycles. The lowest BCUT2D eigenvalue weighted by atomic mass is 9.65. The van der Waals surface area contributed by atoms with E-state index in [9.17, 15) is 0 Å². The number of aromatic nitrogens is 1. The predicted octanol–water partition coefficient (Wildman–Crippen LogP) is 16.6. The zero-order chi connectivity index (χ0) is 43.7. The molecule has 0 N–H and O–H groups in total. The number of anilines is 3. The Labute approximate surface area is 385 Å². The summed E-state index contributed by atoms with van der Waals surface area (Å²) in [4.78, 5) is 2.48. The van der Waals surface area contributed by atoms with Crippen molar-refractivity contribution in [3.05, 3.63) is 264 Å². The lowest BCUT2D eigenvalue weighted by Gasteiger charge is -2.39. The molecule has 1 aliphatic heterocycles. The number of hydrogen-bond acceptors (Lipinski definition) is 1. The summed E-state index contributed by atoms with van der Waals surface area (Å²) in [5.41, 5.74) is 24.6. The molecule has 1 unspecified atom stereocenters. The van der Waals surface area contributed by atoms with E-state index in [0.717, 1.165) is 17.1 Å². The van der Waals surface area contributed by atoms with Crippen molar-refractivity contribution >= 4 is 38.9 Å². The molecule has 0 fully saturated rings. The van der Waals surface area contributed by atoms with Gasteiger partial charge >= 0.3 is 0 Å². The summed E-state index contributed by atoms with van der Waals surface area (Å²) in [7, 11) is 0. The summed E-state index contributed by atoms with van der Waals surface area (Å²) in [6.07, 6.45) is 0. The fourth-order valence-electron chi connectivity index (χ4n) is 12.4. The van der Waals surface area contributed by atoms with E-state index in [0.29, 0.717) is 0 Å². The second-order valence-electron chi connectivity index (χ2n) is 18.8. The molecule has 2 aliphatic carbocycles. The summed E-state index contributed by atoms with van der Waals surface area (Å²) in [6, 6.07) is 86.3. The Morgan fingerprint density at radius 3 is 1.58 bits per heavy atom. The Hall–Kier alpha value is -8.20. The molecule has 14 rings (SSSR count). The average molecular weight is 841 g/mol. The Balaban J connectivity index is 0.995. The number of rotatable bonds is 5. The van der Waals surface area contributed by atoms with Gasteiger partial charge in [0.25, 0.3) is 0 Å². The number of para-hydroxylation sites is 6. The first-order chi connectivity index (χ1) is 32.5. The van der Waals surface area contributed by atoms with Crippen molar-refractivity contribution < 1.29 is 0 Å². The van der Waals surface area contributed by atoms with Crippen LogP contribution in [0.25, 0.3) is 72.0 Å². The van der Waals surface area contributed by atoms with Crippen LogP contribution in [0.4, 0.5) is 17.1 Å². The van der Waals surface area contributed by atoms with Crippen molar-refractivity contribution in [3.8, 4) is 50.2 Å². The lowest BCUT2D eigenvalue weighted by molar-refractivity contribution is 0.660. The van der Waals surface area contributed by atoms with E-state index < -0.39 is 5.41 Å². The number of hydrogen-bond donors (Lipinski definition) is 0. The highest BCUT2D eigenvalue weighted by Crippen LogP contribution is 2.62. The van der Waals surface area contributed by atoms with E-state index >= 15 is 0 Å². The minimum absolute atomic E-state index is 0.103. The molecule has 2 heterocycles. The van der Waals surface area contributed by atoms with Crippen LogP contribution >= 0.6 is 0 Å². The van der Waals surface area contributed by atoms with Crippen LogP contribution in [0.2, 0.25) is 0 Å². The summed E-state index contributed by atoms with van der Waals surface area (Å²) < 4.78 is 2.52. The molecule has 11 aromatic rings. The molecule has 310 valence electrons. The zero-order valence-corrected chi connectivity index (χ0v) is 36.8. The van der Waals surface area contributed by atoms with Gasteiger partial charge < -0.3 is 9.47 Å². The van der Waals surface area contributed by atoms with E-state index in [2.05, 4.69) is 254 Å². The Kier molecular flexibility index (Phi) is 7.70. The van der Waals surface area contributed by atoms with Crippen molar-refractivity contribution in [3.63, 3.8) is 0 Å². The molecule has 0 saturated carbocycles. The molecular formula is C64H44N2.